The van der Waals surface area contributed by atoms with Gasteiger partial charge in [-0.25, -0.2) is 0 Å². The van der Waals surface area contributed by atoms with Gasteiger partial charge in [0.05, 0.1) is 5.69 Å². The summed E-state index contributed by atoms with van der Waals surface area (Å²) in [6, 6.07) is 11.4. The number of thioether (sulfide) groups is 1. The molecule has 0 aliphatic heterocycles. The summed E-state index contributed by atoms with van der Waals surface area (Å²) in [5.74, 6) is 0.783. The molecule has 1 amide bonds. The van der Waals surface area contributed by atoms with E-state index in [0.29, 0.717) is 5.69 Å². The molecule has 0 radical (unpaired) electrons. The molecule has 2 rings (SSSR count). The molecule has 2 aromatic rings. The van der Waals surface area contributed by atoms with Crippen LogP contribution in [0, 0.1) is 0 Å². The number of hydrogen-bond acceptors (Lipinski definition) is 5. The van der Waals surface area contributed by atoms with Crippen LogP contribution in [0.15, 0.2) is 41.4 Å². The van der Waals surface area contributed by atoms with Gasteiger partial charge < -0.3 is 10.1 Å². The highest BCUT2D eigenvalue weighted by Crippen LogP contribution is 2.22. The Morgan fingerprint density at radius 2 is 2.14 bits per heavy atom. The highest BCUT2D eigenvalue weighted by atomic mass is 32.2. The van der Waals surface area contributed by atoms with E-state index in [1.807, 2.05) is 36.4 Å². The number of methoxy groups -OCH3 is 1. The van der Waals surface area contributed by atoms with Crippen LogP contribution in [-0.4, -0.2) is 35.6 Å². The number of aromatic nitrogens is 2. The second kappa shape index (κ2) is 7.75. The number of hydrogen-bond donors (Lipinski definition) is 1. The van der Waals surface area contributed by atoms with Crippen LogP contribution in [0.1, 0.15) is 6.92 Å². The van der Waals surface area contributed by atoms with E-state index in [1.54, 1.807) is 11.8 Å². The second-order valence-corrected chi connectivity index (χ2v) is 5.54. The monoisotopic (exact) mass is 303 g/mol. The average Bonchev–Trinajstić information content (AvgIpc) is 2.49. The zero-order valence-electron chi connectivity index (χ0n) is 12.0. The maximum absolute atomic E-state index is 11.5. The topological polar surface area (TPSA) is 64.1 Å². The third kappa shape index (κ3) is 4.54. The molecule has 1 aromatic carbocycles. The predicted molar refractivity (Wildman–Crippen MR) is 84.4 cm³/mol. The van der Waals surface area contributed by atoms with E-state index in [9.17, 15) is 4.79 Å². The molecule has 1 N–H and O–H groups in total. The van der Waals surface area contributed by atoms with Crippen molar-refractivity contribution < 1.29 is 9.53 Å². The first kappa shape index (κ1) is 15.5. The van der Waals surface area contributed by atoms with Gasteiger partial charge in [0.15, 0.2) is 0 Å². The lowest BCUT2D eigenvalue weighted by Gasteiger charge is -2.07. The largest absolute Gasteiger partial charge is 0.375 e. The van der Waals surface area contributed by atoms with E-state index >= 15 is 0 Å². The first-order valence-corrected chi connectivity index (χ1v) is 7.57. The van der Waals surface area contributed by atoms with Gasteiger partial charge in [-0.2, -0.15) is 0 Å². The van der Waals surface area contributed by atoms with Gasteiger partial charge in [0.25, 0.3) is 0 Å². The van der Waals surface area contributed by atoms with Crippen molar-refractivity contribution in [2.45, 2.75) is 11.9 Å². The Bertz CT molecular complexity index is 602. The Labute approximate surface area is 128 Å². The van der Waals surface area contributed by atoms with Crippen LogP contribution in [0.25, 0.3) is 11.3 Å². The third-order valence-corrected chi connectivity index (χ3v) is 3.45. The molecule has 0 saturated heterocycles. The van der Waals surface area contributed by atoms with Gasteiger partial charge in [-0.3, -0.25) is 4.79 Å². The van der Waals surface area contributed by atoms with Gasteiger partial charge in [0.1, 0.15) is 11.6 Å². The Hall–Kier alpha value is -1.92. The lowest BCUT2D eigenvalue weighted by Crippen LogP contribution is -2.16. The first-order valence-electron chi connectivity index (χ1n) is 6.58. The minimum Gasteiger partial charge on any atom is -0.375 e. The van der Waals surface area contributed by atoms with Crippen LogP contribution in [0.2, 0.25) is 0 Å². The number of anilines is 1. The van der Waals surface area contributed by atoms with E-state index in [4.69, 9.17) is 4.74 Å². The fourth-order valence-electron chi connectivity index (χ4n) is 1.78. The zero-order valence-corrected chi connectivity index (χ0v) is 12.8. The molecule has 21 heavy (non-hydrogen) atoms. The van der Waals surface area contributed by atoms with Crippen molar-refractivity contribution in [2.75, 3.05) is 24.8 Å². The summed E-state index contributed by atoms with van der Waals surface area (Å²) in [5.41, 5.74) is 2.40. The normalized spacial score (nSPS) is 10.4. The molecule has 0 saturated carbocycles. The fraction of sp³-hybridized carbons (Fsp3) is 0.267. The van der Waals surface area contributed by atoms with Gasteiger partial charge in [-0.15, -0.1) is 22.0 Å². The van der Waals surface area contributed by atoms with Crippen LogP contribution < -0.4 is 5.32 Å². The SMILES string of the molecule is CCSc1ccc(-c2cccc(NC(=O)COC)c2)nn1. The van der Waals surface area contributed by atoms with Crippen molar-refractivity contribution in [3.63, 3.8) is 0 Å². The Morgan fingerprint density at radius 1 is 1.29 bits per heavy atom. The lowest BCUT2D eigenvalue weighted by molar-refractivity contribution is -0.119. The van der Waals surface area contributed by atoms with Crippen LogP contribution >= 0.6 is 11.8 Å². The molecule has 6 heteroatoms. The first-order chi connectivity index (χ1) is 10.2. The molecule has 1 aromatic heterocycles. The van der Waals surface area contributed by atoms with E-state index in [-0.39, 0.29) is 12.5 Å². The summed E-state index contributed by atoms with van der Waals surface area (Å²) in [4.78, 5) is 11.5. The molecule has 5 nitrogen and oxygen atoms in total. The molecule has 110 valence electrons. The quantitative estimate of drug-likeness (QED) is 0.831. The highest BCUT2D eigenvalue weighted by molar-refractivity contribution is 7.99. The molecule has 0 unspecified atom stereocenters. The predicted octanol–water partition coefficient (Wildman–Crippen LogP) is 2.84. The molecular formula is C15H17N3O2S. The smallest absolute Gasteiger partial charge is 0.250 e. The maximum Gasteiger partial charge on any atom is 0.250 e. The summed E-state index contributed by atoms with van der Waals surface area (Å²) in [7, 11) is 1.49. The molecule has 0 aliphatic rings. The highest BCUT2D eigenvalue weighted by Gasteiger charge is 2.05. The van der Waals surface area contributed by atoms with Crippen molar-refractivity contribution in [1.82, 2.24) is 10.2 Å². The number of benzene rings is 1. The average molecular weight is 303 g/mol. The number of carbonyl (C=O) groups excluding carboxylic acids is 1. The number of nitrogens with zero attached hydrogens (tertiary/aromatic N) is 2. The third-order valence-electron chi connectivity index (χ3n) is 2.65. The van der Waals surface area contributed by atoms with Gasteiger partial charge >= 0.3 is 0 Å². The number of carbonyl (C=O) groups is 1. The number of ether oxygens (including phenoxy) is 1. The Kier molecular flexibility index (Phi) is 5.71. The minimum atomic E-state index is -0.185. The van der Waals surface area contributed by atoms with Gasteiger partial charge in [-0.1, -0.05) is 19.1 Å². The van der Waals surface area contributed by atoms with Crippen LogP contribution in [-0.2, 0) is 9.53 Å². The zero-order chi connectivity index (χ0) is 15.1. The van der Waals surface area contributed by atoms with Crippen LogP contribution in [0.5, 0.6) is 0 Å². The number of amides is 1. The summed E-state index contributed by atoms with van der Waals surface area (Å²) >= 11 is 1.65. The van der Waals surface area contributed by atoms with Crippen molar-refractivity contribution in [3.8, 4) is 11.3 Å². The molecule has 0 atom stereocenters. The summed E-state index contributed by atoms with van der Waals surface area (Å²) in [6.45, 7) is 2.11. The molecule has 0 aliphatic carbocycles. The second-order valence-electron chi connectivity index (χ2n) is 4.25. The Balaban J connectivity index is 2.14. The summed E-state index contributed by atoms with van der Waals surface area (Å²) in [5, 5.41) is 12.1. The molecule has 0 spiro atoms. The van der Waals surface area contributed by atoms with Gasteiger partial charge in [0.2, 0.25) is 5.91 Å². The summed E-state index contributed by atoms with van der Waals surface area (Å²) < 4.78 is 4.79. The molecule has 0 bridgehead atoms. The van der Waals surface area contributed by atoms with E-state index in [0.717, 1.165) is 22.0 Å². The minimum absolute atomic E-state index is 0.0347. The van der Waals surface area contributed by atoms with Gasteiger partial charge in [0, 0.05) is 18.4 Å². The Morgan fingerprint density at radius 3 is 2.81 bits per heavy atom. The van der Waals surface area contributed by atoms with E-state index in [2.05, 4.69) is 22.4 Å². The van der Waals surface area contributed by atoms with Crippen molar-refractivity contribution in [3.05, 3.63) is 36.4 Å². The molecule has 0 fully saturated rings. The van der Waals surface area contributed by atoms with Gasteiger partial charge in [-0.05, 0) is 30.0 Å². The van der Waals surface area contributed by atoms with Crippen LogP contribution in [0.4, 0.5) is 5.69 Å². The number of nitrogens with one attached hydrogen (secondary N) is 1. The summed E-state index contributed by atoms with van der Waals surface area (Å²) in [6.07, 6.45) is 0. The van der Waals surface area contributed by atoms with E-state index < -0.39 is 0 Å². The lowest BCUT2D eigenvalue weighted by atomic mass is 10.1. The van der Waals surface area contributed by atoms with E-state index in [1.165, 1.54) is 7.11 Å². The van der Waals surface area contributed by atoms with Crippen LogP contribution in [0.3, 0.4) is 0 Å². The standard InChI is InChI=1S/C15H17N3O2S/c1-3-21-15-8-7-13(17-18-15)11-5-4-6-12(9-11)16-14(19)10-20-2/h4-9H,3,10H2,1-2H3,(H,16,19). The number of rotatable bonds is 6. The van der Waals surface area contributed by atoms with Crippen molar-refractivity contribution in [1.29, 1.82) is 0 Å². The molecule has 1 heterocycles. The maximum atomic E-state index is 11.5. The van der Waals surface area contributed by atoms with Crippen molar-refractivity contribution in [2.24, 2.45) is 0 Å². The fourth-order valence-corrected chi connectivity index (χ4v) is 2.34. The molecular weight excluding hydrogens is 286 g/mol. The van der Waals surface area contributed by atoms with Crippen molar-refractivity contribution >= 4 is 23.4 Å².